The zero-order chi connectivity index (χ0) is 11.2. The van der Waals surface area contributed by atoms with Crippen LogP contribution in [0.5, 0.6) is 0 Å². The summed E-state index contributed by atoms with van der Waals surface area (Å²) < 4.78 is 0. The minimum atomic E-state index is 0.0523. The van der Waals surface area contributed by atoms with E-state index in [0.29, 0.717) is 6.54 Å². The molecule has 0 bridgehead atoms. The van der Waals surface area contributed by atoms with Gasteiger partial charge in [-0.2, -0.15) is 0 Å². The van der Waals surface area contributed by atoms with Gasteiger partial charge in [-0.3, -0.25) is 4.98 Å². The van der Waals surface area contributed by atoms with Crippen molar-refractivity contribution in [2.45, 2.75) is 25.8 Å². The molecule has 0 atom stereocenters. The molecule has 1 N–H and O–H groups in total. The quantitative estimate of drug-likeness (QED) is 0.824. The van der Waals surface area contributed by atoms with E-state index in [2.05, 4.69) is 10.3 Å². The summed E-state index contributed by atoms with van der Waals surface area (Å²) in [5.41, 5.74) is 1.08. The number of hydrogen-bond acceptors (Lipinski definition) is 2. The summed E-state index contributed by atoms with van der Waals surface area (Å²) in [6.07, 6.45) is 6.98. The standard InChI is InChI=1S/C12H17N3O/c16-12(15-8-2-1-3-9-15)14-10-11-4-6-13-7-5-11/h4-7H,1-3,8-10H2,(H,14,16). The highest BCUT2D eigenvalue weighted by Gasteiger charge is 2.15. The Morgan fingerprint density at radius 1 is 1.25 bits per heavy atom. The van der Waals surface area contributed by atoms with Crippen LogP contribution in [0, 0.1) is 0 Å². The molecule has 2 amide bonds. The van der Waals surface area contributed by atoms with Gasteiger partial charge in [-0.1, -0.05) is 0 Å². The minimum absolute atomic E-state index is 0.0523. The van der Waals surface area contributed by atoms with Crippen LogP contribution in [0.1, 0.15) is 24.8 Å². The van der Waals surface area contributed by atoms with Crippen LogP contribution in [0.2, 0.25) is 0 Å². The maximum absolute atomic E-state index is 11.8. The van der Waals surface area contributed by atoms with Gasteiger partial charge in [0.05, 0.1) is 0 Å². The molecule has 0 radical (unpaired) electrons. The molecule has 1 aromatic heterocycles. The lowest BCUT2D eigenvalue weighted by atomic mass is 10.1. The summed E-state index contributed by atoms with van der Waals surface area (Å²) in [4.78, 5) is 17.6. The number of aromatic nitrogens is 1. The Kier molecular flexibility index (Phi) is 3.75. The Morgan fingerprint density at radius 2 is 1.94 bits per heavy atom. The van der Waals surface area contributed by atoms with Gasteiger partial charge in [0.1, 0.15) is 0 Å². The van der Waals surface area contributed by atoms with E-state index in [9.17, 15) is 4.79 Å². The molecule has 1 aliphatic heterocycles. The van der Waals surface area contributed by atoms with Crippen molar-refractivity contribution in [1.82, 2.24) is 15.2 Å². The number of carbonyl (C=O) groups excluding carboxylic acids is 1. The second-order valence-corrected chi connectivity index (χ2v) is 4.06. The summed E-state index contributed by atoms with van der Waals surface area (Å²) >= 11 is 0. The lowest BCUT2D eigenvalue weighted by Gasteiger charge is -2.26. The van der Waals surface area contributed by atoms with Crippen LogP contribution in [0.4, 0.5) is 4.79 Å². The molecule has 16 heavy (non-hydrogen) atoms. The fourth-order valence-electron chi connectivity index (χ4n) is 1.89. The van der Waals surface area contributed by atoms with Crippen LogP contribution in [-0.2, 0) is 6.54 Å². The smallest absolute Gasteiger partial charge is 0.317 e. The van der Waals surface area contributed by atoms with Gasteiger partial charge < -0.3 is 10.2 Å². The highest BCUT2D eigenvalue weighted by Crippen LogP contribution is 2.08. The Hall–Kier alpha value is -1.58. The molecule has 0 unspecified atom stereocenters. The molecule has 2 heterocycles. The average Bonchev–Trinajstić information content (AvgIpc) is 2.38. The second-order valence-electron chi connectivity index (χ2n) is 4.06. The summed E-state index contributed by atoms with van der Waals surface area (Å²) in [6.45, 7) is 2.36. The monoisotopic (exact) mass is 219 g/mol. The number of likely N-dealkylation sites (tertiary alicyclic amines) is 1. The fraction of sp³-hybridized carbons (Fsp3) is 0.500. The molecule has 4 nitrogen and oxygen atoms in total. The molecule has 86 valence electrons. The molecule has 4 heteroatoms. The minimum Gasteiger partial charge on any atom is -0.334 e. The first-order valence-electron chi connectivity index (χ1n) is 5.78. The Balaban J connectivity index is 1.79. The largest absolute Gasteiger partial charge is 0.334 e. The predicted molar refractivity (Wildman–Crippen MR) is 61.9 cm³/mol. The third-order valence-electron chi connectivity index (χ3n) is 2.84. The average molecular weight is 219 g/mol. The Bertz CT molecular complexity index is 333. The van der Waals surface area contributed by atoms with E-state index in [1.54, 1.807) is 12.4 Å². The molecule has 0 saturated carbocycles. The fourth-order valence-corrected chi connectivity index (χ4v) is 1.89. The molecule has 2 rings (SSSR count). The number of hydrogen-bond donors (Lipinski definition) is 1. The SMILES string of the molecule is O=C(NCc1ccncc1)N1CCCCC1. The molecular formula is C12H17N3O. The molecule has 1 fully saturated rings. The van der Waals surface area contributed by atoms with Crippen LogP contribution < -0.4 is 5.32 Å². The number of amides is 2. The lowest BCUT2D eigenvalue weighted by molar-refractivity contribution is 0.186. The van der Waals surface area contributed by atoms with Crippen molar-refractivity contribution in [3.05, 3.63) is 30.1 Å². The van der Waals surface area contributed by atoms with Crippen LogP contribution in [0.25, 0.3) is 0 Å². The lowest BCUT2D eigenvalue weighted by Crippen LogP contribution is -2.42. The maximum Gasteiger partial charge on any atom is 0.317 e. The third kappa shape index (κ3) is 2.95. The van der Waals surface area contributed by atoms with E-state index in [1.807, 2.05) is 17.0 Å². The van der Waals surface area contributed by atoms with Crippen LogP contribution in [0.3, 0.4) is 0 Å². The van der Waals surface area contributed by atoms with E-state index in [1.165, 1.54) is 6.42 Å². The van der Waals surface area contributed by atoms with Gasteiger partial charge in [0.2, 0.25) is 0 Å². The van der Waals surface area contributed by atoms with Gasteiger partial charge in [0.15, 0.2) is 0 Å². The Morgan fingerprint density at radius 3 is 2.62 bits per heavy atom. The summed E-state index contributed by atoms with van der Waals surface area (Å²) in [5.74, 6) is 0. The molecule has 1 aliphatic rings. The number of nitrogens with one attached hydrogen (secondary N) is 1. The molecule has 0 aliphatic carbocycles. The highest BCUT2D eigenvalue weighted by molar-refractivity contribution is 5.74. The van der Waals surface area contributed by atoms with Crippen molar-refractivity contribution in [3.8, 4) is 0 Å². The number of nitrogens with zero attached hydrogens (tertiary/aromatic N) is 2. The summed E-state index contributed by atoms with van der Waals surface area (Å²) in [5, 5.41) is 2.93. The van der Waals surface area contributed by atoms with Crippen molar-refractivity contribution in [2.75, 3.05) is 13.1 Å². The zero-order valence-corrected chi connectivity index (χ0v) is 9.35. The second kappa shape index (κ2) is 5.49. The van der Waals surface area contributed by atoms with Gasteiger partial charge in [0, 0.05) is 32.0 Å². The first-order chi connectivity index (χ1) is 7.86. The third-order valence-corrected chi connectivity index (χ3v) is 2.84. The van der Waals surface area contributed by atoms with E-state index >= 15 is 0 Å². The van der Waals surface area contributed by atoms with Crippen LogP contribution in [0.15, 0.2) is 24.5 Å². The van der Waals surface area contributed by atoms with Gasteiger partial charge in [-0.25, -0.2) is 4.79 Å². The van der Waals surface area contributed by atoms with E-state index < -0.39 is 0 Å². The Labute approximate surface area is 95.7 Å². The number of urea groups is 1. The number of rotatable bonds is 2. The summed E-state index contributed by atoms with van der Waals surface area (Å²) in [6, 6.07) is 3.88. The summed E-state index contributed by atoms with van der Waals surface area (Å²) in [7, 11) is 0. The van der Waals surface area contributed by atoms with Crippen molar-refractivity contribution in [1.29, 1.82) is 0 Å². The number of carbonyl (C=O) groups is 1. The van der Waals surface area contributed by atoms with Gasteiger partial charge in [0.25, 0.3) is 0 Å². The molecule has 1 saturated heterocycles. The van der Waals surface area contributed by atoms with E-state index in [0.717, 1.165) is 31.5 Å². The molecule has 0 aromatic carbocycles. The zero-order valence-electron chi connectivity index (χ0n) is 9.35. The van der Waals surface area contributed by atoms with E-state index in [4.69, 9.17) is 0 Å². The van der Waals surface area contributed by atoms with Crippen molar-refractivity contribution in [2.24, 2.45) is 0 Å². The van der Waals surface area contributed by atoms with Gasteiger partial charge >= 0.3 is 6.03 Å². The highest BCUT2D eigenvalue weighted by atomic mass is 16.2. The van der Waals surface area contributed by atoms with Gasteiger partial charge in [-0.05, 0) is 37.0 Å². The van der Waals surface area contributed by atoms with Crippen molar-refractivity contribution >= 4 is 6.03 Å². The maximum atomic E-state index is 11.8. The molecule has 1 aromatic rings. The topological polar surface area (TPSA) is 45.2 Å². The molecular weight excluding hydrogens is 202 g/mol. The molecule has 0 spiro atoms. The number of piperidine rings is 1. The van der Waals surface area contributed by atoms with Crippen molar-refractivity contribution in [3.63, 3.8) is 0 Å². The first kappa shape index (κ1) is 10.9. The van der Waals surface area contributed by atoms with Gasteiger partial charge in [-0.15, -0.1) is 0 Å². The van der Waals surface area contributed by atoms with Crippen LogP contribution >= 0.6 is 0 Å². The predicted octanol–water partition coefficient (Wildman–Crippen LogP) is 1.78. The van der Waals surface area contributed by atoms with E-state index in [-0.39, 0.29) is 6.03 Å². The van der Waals surface area contributed by atoms with Crippen molar-refractivity contribution < 1.29 is 4.79 Å². The van der Waals surface area contributed by atoms with Crippen LogP contribution in [-0.4, -0.2) is 29.0 Å². The normalized spacial score (nSPS) is 15.9. The first-order valence-corrected chi connectivity index (χ1v) is 5.78. The number of pyridine rings is 1.